The molecule has 1 saturated carbocycles. The molecule has 0 aliphatic heterocycles. The third kappa shape index (κ3) is 8.77. The molecule has 1 aliphatic carbocycles. The van der Waals surface area contributed by atoms with E-state index in [1.54, 1.807) is 19.0 Å². The van der Waals surface area contributed by atoms with Crippen LogP contribution in [0.15, 0.2) is 4.99 Å². The van der Waals surface area contributed by atoms with Crippen LogP contribution in [0.2, 0.25) is 0 Å². The first-order chi connectivity index (χ1) is 10.5. The van der Waals surface area contributed by atoms with Gasteiger partial charge in [-0.3, -0.25) is 4.79 Å². The number of rotatable bonds is 6. The number of hydrogen-bond acceptors (Lipinski definition) is 2. The molecule has 1 rings (SSSR count). The molecule has 1 amide bonds. The average Bonchev–Trinajstić information content (AvgIpc) is 2.52. The summed E-state index contributed by atoms with van der Waals surface area (Å²) in [5.41, 5.74) is 0. The number of hydrogen-bond donors (Lipinski definition) is 2. The van der Waals surface area contributed by atoms with Gasteiger partial charge in [-0.1, -0.05) is 33.1 Å². The molecule has 3 unspecified atom stereocenters. The summed E-state index contributed by atoms with van der Waals surface area (Å²) in [4.78, 5) is 17.8. The van der Waals surface area contributed by atoms with E-state index >= 15 is 0 Å². The Morgan fingerprint density at radius 1 is 1.30 bits per heavy atom. The molecular weight excluding hydrogens is 403 g/mol. The zero-order chi connectivity index (χ0) is 16.5. The van der Waals surface area contributed by atoms with Gasteiger partial charge < -0.3 is 15.5 Å². The van der Waals surface area contributed by atoms with E-state index in [1.165, 1.54) is 32.1 Å². The highest BCUT2D eigenvalue weighted by molar-refractivity contribution is 14.0. The van der Waals surface area contributed by atoms with Crippen LogP contribution in [-0.2, 0) is 4.79 Å². The predicted molar refractivity (Wildman–Crippen MR) is 108 cm³/mol. The van der Waals surface area contributed by atoms with Gasteiger partial charge in [0.05, 0.1) is 0 Å². The van der Waals surface area contributed by atoms with E-state index in [-0.39, 0.29) is 36.4 Å². The third-order valence-corrected chi connectivity index (χ3v) is 4.57. The minimum Gasteiger partial charge on any atom is -0.354 e. The van der Waals surface area contributed by atoms with Crippen LogP contribution < -0.4 is 10.6 Å². The molecule has 0 bridgehead atoms. The predicted octanol–water partition coefficient (Wildman–Crippen LogP) is 3.00. The lowest BCUT2D eigenvalue weighted by molar-refractivity contribution is -0.127. The van der Waals surface area contributed by atoms with Crippen molar-refractivity contribution in [3.05, 3.63) is 0 Å². The Kier molecular flexibility index (Phi) is 11.6. The van der Waals surface area contributed by atoms with E-state index in [2.05, 4.69) is 36.4 Å². The molecule has 1 fully saturated rings. The quantitative estimate of drug-likeness (QED) is 0.381. The van der Waals surface area contributed by atoms with Crippen LogP contribution >= 0.6 is 24.0 Å². The summed E-state index contributed by atoms with van der Waals surface area (Å²) in [5.74, 6) is 1.63. The largest absolute Gasteiger partial charge is 0.354 e. The van der Waals surface area contributed by atoms with Crippen molar-refractivity contribution < 1.29 is 4.79 Å². The van der Waals surface area contributed by atoms with Crippen LogP contribution in [0.1, 0.15) is 59.3 Å². The first-order valence-corrected chi connectivity index (χ1v) is 8.73. The molecule has 1 aliphatic rings. The lowest BCUT2D eigenvalue weighted by Gasteiger charge is -2.31. The Morgan fingerprint density at radius 3 is 2.57 bits per heavy atom. The van der Waals surface area contributed by atoms with Gasteiger partial charge in [0.15, 0.2) is 5.96 Å². The van der Waals surface area contributed by atoms with Gasteiger partial charge in [-0.05, 0) is 32.1 Å². The number of nitrogens with zero attached hydrogens (tertiary/aromatic N) is 2. The fourth-order valence-electron chi connectivity index (χ4n) is 2.74. The van der Waals surface area contributed by atoms with Crippen molar-refractivity contribution >= 4 is 35.8 Å². The molecule has 0 aromatic heterocycles. The molecule has 0 radical (unpaired) electrons. The fourth-order valence-corrected chi connectivity index (χ4v) is 2.74. The number of nitrogens with one attached hydrogen (secondary N) is 2. The first-order valence-electron chi connectivity index (χ1n) is 8.73. The second-order valence-corrected chi connectivity index (χ2v) is 6.69. The van der Waals surface area contributed by atoms with Gasteiger partial charge in [-0.15, -0.1) is 24.0 Å². The van der Waals surface area contributed by atoms with Gasteiger partial charge in [0.25, 0.3) is 0 Å². The normalized spacial score (nSPS) is 22.7. The highest BCUT2D eigenvalue weighted by Crippen LogP contribution is 2.26. The maximum Gasteiger partial charge on any atom is 0.243 e. The number of carbonyl (C=O) groups excluding carboxylic acids is 1. The molecule has 0 aromatic rings. The van der Waals surface area contributed by atoms with Crippen LogP contribution in [-0.4, -0.2) is 49.5 Å². The topological polar surface area (TPSA) is 56.7 Å². The van der Waals surface area contributed by atoms with Crippen LogP contribution in [0.3, 0.4) is 0 Å². The van der Waals surface area contributed by atoms with Gasteiger partial charge in [0, 0.05) is 26.2 Å². The standard InChI is InChI=1S/C17H34N4O.HI/c1-6-13(3)19-17(18-12-16(22)21(4)5)20-15-10-8-9-14(7-2)11-15;/h13-15H,6-12H2,1-5H3,(H2,18,19,20);1H. The molecule has 2 N–H and O–H groups in total. The third-order valence-electron chi connectivity index (χ3n) is 4.57. The Balaban J connectivity index is 0.00000484. The molecule has 0 aromatic carbocycles. The first kappa shape index (κ1) is 22.5. The zero-order valence-corrected chi connectivity index (χ0v) is 17.7. The van der Waals surface area contributed by atoms with Gasteiger partial charge in [0.1, 0.15) is 6.54 Å². The van der Waals surface area contributed by atoms with E-state index in [9.17, 15) is 4.79 Å². The van der Waals surface area contributed by atoms with Crippen LogP contribution in [0, 0.1) is 5.92 Å². The molecular formula is C17H35IN4O. The van der Waals surface area contributed by atoms with Crippen molar-refractivity contribution in [2.75, 3.05) is 20.6 Å². The smallest absolute Gasteiger partial charge is 0.243 e. The number of amides is 1. The molecule has 0 saturated heterocycles. The molecule has 5 nitrogen and oxygen atoms in total. The summed E-state index contributed by atoms with van der Waals surface area (Å²) in [6.45, 7) is 6.76. The Labute approximate surface area is 159 Å². The highest BCUT2D eigenvalue weighted by atomic mass is 127. The van der Waals surface area contributed by atoms with Crippen LogP contribution in [0.4, 0.5) is 0 Å². The monoisotopic (exact) mass is 438 g/mol. The summed E-state index contributed by atoms with van der Waals surface area (Å²) in [6.07, 6.45) is 7.31. The van der Waals surface area contributed by atoms with Gasteiger partial charge in [0.2, 0.25) is 5.91 Å². The fraction of sp³-hybridized carbons (Fsp3) is 0.882. The second-order valence-electron chi connectivity index (χ2n) is 6.69. The van der Waals surface area contributed by atoms with Gasteiger partial charge in [-0.25, -0.2) is 4.99 Å². The zero-order valence-electron chi connectivity index (χ0n) is 15.4. The minimum absolute atomic E-state index is 0. The van der Waals surface area contributed by atoms with Crippen molar-refractivity contribution in [1.29, 1.82) is 0 Å². The SMILES string of the molecule is CCC1CCCC(NC(=NCC(=O)N(C)C)NC(C)CC)C1.I. The van der Waals surface area contributed by atoms with Crippen molar-refractivity contribution in [2.24, 2.45) is 10.9 Å². The van der Waals surface area contributed by atoms with Crippen LogP contribution in [0.25, 0.3) is 0 Å². The lowest BCUT2D eigenvalue weighted by atomic mass is 9.84. The molecule has 3 atom stereocenters. The summed E-state index contributed by atoms with van der Waals surface area (Å²) in [7, 11) is 3.53. The van der Waals surface area contributed by atoms with E-state index < -0.39 is 0 Å². The molecule has 6 heteroatoms. The Hall–Kier alpha value is -0.530. The lowest BCUT2D eigenvalue weighted by Crippen LogP contribution is -2.48. The van der Waals surface area contributed by atoms with Crippen molar-refractivity contribution in [2.45, 2.75) is 71.4 Å². The van der Waals surface area contributed by atoms with E-state index in [4.69, 9.17) is 0 Å². The number of likely N-dealkylation sites (N-methyl/N-ethyl adjacent to an activating group) is 1. The average molecular weight is 438 g/mol. The second kappa shape index (κ2) is 11.9. The molecule has 136 valence electrons. The highest BCUT2D eigenvalue weighted by Gasteiger charge is 2.22. The summed E-state index contributed by atoms with van der Waals surface area (Å²) < 4.78 is 0. The van der Waals surface area contributed by atoms with Crippen molar-refractivity contribution in [3.8, 4) is 0 Å². The summed E-state index contributed by atoms with van der Waals surface area (Å²) in [5, 5.41) is 6.96. The van der Waals surface area contributed by atoms with E-state index in [0.29, 0.717) is 12.1 Å². The summed E-state index contributed by atoms with van der Waals surface area (Å²) >= 11 is 0. The van der Waals surface area contributed by atoms with Crippen molar-refractivity contribution in [1.82, 2.24) is 15.5 Å². The number of guanidine groups is 1. The molecule has 23 heavy (non-hydrogen) atoms. The Morgan fingerprint density at radius 2 is 2.00 bits per heavy atom. The van der Waals surface area contributed by atoms with Crippen LogP contribution in [0.5, 0.6) is 0 Å². The Bertz CT molecular complexity index is 374. The molecule has 0 spiro atoms. The maximum absolute atomic E-state index is 11.8. The number of aliphatic imine (C=N–C) groups is 1. The summed E-state index contributed by atoms with van der Waals surface area (Å²) in [6, 6.07) is 0.828. The molecule has 0 heterocycles. The van der Waals surface area contributed by atoms with E-state index in [0.717, 1.165) is 18.3 Å². The number of carbonyl (C=O) groups is 1. The van der Waals surface area contributed by atoms with Gasteiger partial charge in [-0.2, -0.15) is 0 Å². The minimum atomic E-state index is 0. The number of halogens is 1. The van der Waals surface area contributed by atoms with Gasteiger partial charge >= 0.3 is 0 Å². The maximum atomic E-state index is 11.8. The van der Waals surface area contributed by atoms with E-state index in [1.807, 2.05) is 0 Å². The van der Waals surface area contributed by atoms with Crippen molar-refractivity contribution in [3.63, 3.8) is 0 Å².